The molecule has 0 saturated heterocycles. The second-order valence-electron chi connectivity index (χ2n) is 4.54. The van der Waals surface area contributed by atoms with Crippen LogP contribution in [0.3, 0.4) is 0 Å². The van der Waals surface area contributed by atoms with Crippen LogP contribution < -0.4 is 16.4 Å². The van der Waals surface area contributed by atoms with Crippen LogP contribution in [-0.4, -0.2) is 47.3 Å². The van der Waals surface area contributed by atoms with Crippen LogP contribution in [0.2, 0.25) is 0 Å². The number of rotatable bonds is 8. The van der Waals surface area contributed by atoms with Gasteiger partial charge < -0.3 is 21.5 Å². The topological polar surface area (TPSA) is 122 Å². The molecule has 0 bridgehead atoms. The zero-order valence-corrected chi connectivity index (χ0v) is 11.9. The van der Waals surface area contributed by atoms with E-state index in [1.807, 2.05) is 13.8 Å². The maximum atomic E-state index is 11.9. The molecule has 2 unspecified atom stereocenters. The van der Waals surface area contributed by atoms with E-state index in [2.05, 4.69) is 23.3 Å². The molecule has 2 atom stereocenters. The number of nitrogens with one attached hydrogen (secondary N) is 2. The van der Waals surface area contributed by atoms with Gasteiger partial charge in [-0.15, -0.1) is 0 Å². The van der Waals surface area contributed by atoms with Crippen molar-refractivity contribution in [1.82, 2.24) is 10.6 Å². The maximum absolute atomic E-state index is 11.9. The van der Waals surface area contributed by atoms with Crippen molar-refractivity contribution in [3.05, 3.63) is 0 Å². The molecular formula is C11H21N3O4S. The van der Waals surface area contributed by atoms with Crippen molar-refractivity contribution in [2.75, 3.05) is 12.3 Å². The summed E-state index contributed by atoms with van der Waals surface area (Å²) < 4.78 is 0. The summed E-state index contributed by atoms with van der Waals surface area (Å²) in [5.41, 5.74) is 5.18. The minimum Gasteiger partial charge on any atom is -0.480 e. The highest BCUT2D eigenvalue weighted by Gasteiger charge is 2.25. The standard InChI is InChI=1S/C11H21N3O4S/c1-6(2)3-7(13-9(15)4-12)10(16)14-8(5-19)11(17)18/h6-8,19H,3-5,12H2,1-2H3,(H,13,15)(H,14,16)(H,17,18). The molecule has 0 aliphatic carbocycles. The van der Waals surface area contributed by atoms with E-state index in [9.17, 15) is 14.4 Å². The second-order valence-corrected chi connectivity index (χ2v) is 4.90. The molecule has 110 valence electrons. The molecule has 0 heterocycles. The monoisotopic (exact) mass is 291 g/mol. The van der Waals surface area contributed by atoms with Gasteiger partial charge in [0.15, 0.2) is 0 Å². The second kappa shape index (κ2) is 8.76. The van der Waals surface area contributed by atoms with Crippen molar-refractivity contribution in [3.63, 3.8) is 0 Å². The first-order valence-corrected chi connectivity index (χ1v) is 6.58. The predicted octanol–water partition coefficient (Wildman–Crippen LogP) is -1.02. The van der Waals surface area contributed by atoms with Gasteiger partial charge in [-0.1, -0.05) is 13.8 Å². The lowest BCUT2D eigenvalue weighted by atomic mass is 10.0. The molecule has 0 aliphatic heterocycles. The minimum absolute atomic E-state index is 0.0275. The maximum Gasteiger partial charge on any atom is 0.327 e. The molecule has 0 rings (SSSR count). The number of hydrogen-bond donors (Lipinski definition) is 5. The number of aliphatic carboxylic acids is 1. The van der Waals surface area contributed by atoms with E-state index in [1.54, 1.807) is 0 Å². The summed E-state index contributed by atoms with van der Waals surface area (Å²) in [5.74, 6) is -2.04. The number of carbonyl (C=O) groups excluding carboxylic acids is 2. The Kier molecular flexibility index (Phi) is 8.17. The van der Waals surface area contributed by atoms with Crippen LogP contribution in [0.15, 0.2) is 0 Å². The molecule has 0 aromatic rings. The van der Waals surface area contributed by atoms with Gasteiger partial charge in [-0.3, -0.25) is 9.59 Å². The number of carbonyl (C=O) groups is 3. The highest BCUT2D eigenvalue weighted by Crippen LogP contribution is 2.05. The van der Waals surface area contributed by atoms with E-state index in [0.29, 0.717) is 6.42 Å². The molecule has 0 saturated carbocycles. The van der Waals surface area contributed by atoms with Crippen LogP contribution >= 0.6 is 12.6 Å². The summed E-state index contributed by atoms with van der Waals surface area (Å²) in [6.45, 7) is 3.56. The van der Waals surface area contributed by atoms with E-state index in [1.165, 1.54) is 0 Å². The average Bonchev–Trinajstić information content (AvgIpc) is 2.33. The first kappa shape index (κ1) is 17.7. The third kappa shape index (κ3) is 7.02. The molecule has 0 fully saturated rings. The molecule has 0 radical (unpaired) electrons. The predicted molar refractivity (Wildman–Crippen MR) is 73.9 cm³/mol. The lowest BCUT2D eigenvalue weighted by molar-refractivity contribution is -0.141. The summed E-state index contributed by atoms with van der Waals surface area (Å²) in [6.07, 6.45) is 0.399. The lowest BCUT2D eigenvalue weighted by Crippen LogP contribution is -2.53. The van der Waals surface area contributed by atoms with Crippen LogP contribution in [-0.2, 0) is 14.4 Å². The van der Waals surface area contributed by atoms with Crippen molar-refractivity contribution < 1.29 is 19.5 Å². The Morgan fingerprint density at radius 3 is 2.16 bits per heavy atom. The van der Waals surface area contributed by atoms with E-state index in [4.69, 9.17) is 10.8 Å². The van der Waals surface area contributed by atoms with E-state index < -0.39 is 29.9 Å². The Labute approximate surface area is 117 Å². The van der Waals surface area contributed by atoms with Crippen LogP contribution in [0.25, 0.3) is 0 Å². The summed E-state index contributed by atoms with van der Waals surface area (Å²) in [4.78, 5) is 34.0. The third-order valence-electron chi connectivity index (χ3n) is 2.34. The molecule has 7 nitrogen and oxygen atoms in total. The van der Waals surface area contributed by atoms with Gasteiger partial charge in [-0.25, -0.2) is 4.79 Å². The van der Waals surface area contributed by atoms with Crippen molar-refractivity contribution in [1.29, 1.82) is 0 Å². The average molecular weight is 291 g/mol. The van der Waals surface area contributed by atoms with Gasteiger partial charge in [0.1, 0.15) is 12.1 Å². The fourth-order valence-corrected chi connectivity index (χ4v) is 1.66. The van der Waals surface area contributed by atoms with Crippen molar-refractivity contribution in [2.45, 2.75) is 32.4 Å². The first-order valence-electron chi connectivity index (χ1n) is 5.95. The first-order chi connectivity index (χ1) is 8.81. The minimum atomic E-state index is -1.17. The summed E-state index contributed by atoms with van der Waals surface area (Å²) in [5, 5.41) is 13.6. The number of hydrogen-bond acceptors (Lipinski definition) is 5. The quantitative estimate of drug-likeness (QED) is 0.366. The lowest BCUT2D eigenvalue weighted by Gasteiger charge is -2.21. The van der Waals surface area contributed by atoms with Gasteiger partial charge >= 0.3 is 5.97 Å². The smallest absolute Gasteiger partial charge is 0.327 e. The molecule has 0 aromatic carbocycles. The molecular weight excluding hydrogens is 270 g/mol. The van der Waals surface area contributed by atoms with Gasteiger partial charge in [-0.05, 0) is 12.3 Å². The summed E-state index contributed by atoms with van der Waals surface area (Å²) >= 11 is 3.85. The Hall–Kier alpha value is -1.28. The SMILES string of the molecule is CC(C)CC(NC(=O)CN)C(=O)NC(CS)C(=O)O. The van der Waals surface area contributed by atoms with Crippen LogP contribution in [0.1, 0.15) is 20.3 Å². The number of nitrogens with two attached hydrogens (primary N) is 1. The Morgan fingerprint density at radius 1 is 1.21 bits per heavy atom. The zero-order valence-electron chi connectivity index (χ0n) is 11.0. The number of carboxylic acids is 1. The third-order valence-corrected chi connectivity index (χ3v) is 2.71. The fourth-order valence-electron chi connectivity index (χ4n) is 1.41. The van der Waals surface area contributed by atoms with E-state index in [-0.39, 0.29) is 18.2 Å². The van der Waals surface area contributed by atoms with Crippen LogP contribution in [0.5, 0.6) is 0 Å². The highest BCUT2D eigenvalue weighted by atomic mass is 32.1. The molecule has 19 heavy (non-hydrogen) atoms. The van der Waals surface area contributed by atoms with Crippen molar-refractivity contribution in [2.24, 2.45) is 11.7 Å². The number of carboxylic acid groups (broad SMARTS) is 1. The van der Waals surface area contributed by atoms with Crippen LogP contribution in [0, 0.1) is 5.92 Å². The van der Waals surface area contributed by atoms with Crippen LogP contribution in [0.4, 0.5) is 0 Å². The Morgan fingerprint density at radius 2 is 1.79 bits per heavy atom. The molecule has 5 N–H and O–H groups in total. The molecule has 8 heteroatoms. The van der Waals surface area contributed by atoms with Gasteiger partial charge in [0.05, 0.1) is 6.54 Å². The van der Waals surface area contributed by atoms with E-state index >= 15 is 0 Å². The Bertz CT molecular complexity index is 336. The molecule has 0 aromatic heterocycles. The summed E-state index contributed by atoms with van der Waals surface area (Å²) in [6, 6.07) is -1.88. The molecule has 2 amide bonds. The van der Waals surface area contributed by atoms with Gasteiger partial charge in [-0.2, -0.15) is 12.6 Å². The van der Waals surface area contributed by atoms with Gasteiger partial charge in [0, 0.05) is 5.75 Å². The highest BCUT2D eigenvalue weighted by molar-refractivity contribution is 7.80. The molecule has 0 aliphatic rings. The normalized spacial score (nSPS) is 13.7. The van der Waals surface area contributed by atoms with Gasteiger partial charge in [0.25, 0.3) is 0 Å². The van der Waals surface area contributed by atoms with E-state index in [0.717, 1.165) is 0 Å². The van der Waals surface area contributed by atoms with Crippen molar-refractivity contribution in [3.8, 4) is 0 Å². The molecule has 0 spiro atoms. The van der Waals surface area contributed by atoms with Crippen molar-refractivity contribution >= 4 is 30.4 Å². The number of amides is 2. The van der Waals surface area contributed by atoms with Gasteiger partial charge in [0.2, 0.25) is 11.8 Å². The largest absolute Gasteiger partial charge is 0.480 e. The Balaban J connectivity index is 4.69. The zero-order chi connectivity index (χ0) is 15.0. The number of thiol groups is 1. The summed E-state index contributed by atoms with van der Waals surface area (Å²) in [7, 11) is 0. The fraction of sp³-hybridized carbons (Fsp3) is 0.727.